The molecule has 0 bridgehead atoms. The molecule has 2 rings (SSSR count). The molecule has 0 aliphatic carbocycles. The molecule has 0 radical (unpaired) electrons. The summed E-state index contributed by atoms with van der Waals surface area (Å²) in [5, 5.41) is 13.8. The zero-order chi connectivity index (χ0) is 14.0. The average Bonchev–Trinajstić information content (AvgIpc) is 2.26. The van der Waals surface area contributed by atoms with Gasteiger partial charge in [0.25, 0.3) is 0 Å². The third-order valence-electron chi connectivity index (χ3n) is 2.42. The number of hydrogen-bond donors (Lipinski definition) is 1. The first kappa shape index (κ1) is 13.2. The minimum Gasteiger partial charge on any atom is -0.334 e. The van der Waals surface area contributed by atoms with E-state index in [1.54, 1.807) is 0 Å². The summed E-state index contributed by atoms with van der Waals surface area (Å²) in [5.74, 6) is 0.0787. The average molecular weight is 279 g/mol. The summed E-state index contributed by atoms with van der Waals surface area (Å²) in [5.41, 5.74) is 2.59. The molecule has 0 spiro atoms. The van der Waals surface area contributed by atoms with Gasteiger partial charge in [0.15, 0.2) is 0 Å². The Labute approximate surface area is 114 Å². The second-order valence-electron chi connectivity index (χ2n) is 4.13. The second-order valence-corrected chi connectivity index (χ2v) is 4.47. The molecule has 0 saturated carbocycles. The van der Waals surface area contributed by atoms with E-state index in [2.05, 4.69) is 15.3 Å². The van der Waals surface area contributed by atoms with Crippen LogP contribution in [-0.4, -0.2) is 14.9 Å². The van der Waals surface area contributed by atoms with Crippen molar-refractivity contribution in [2.24, 2.45) is 0 Å². The van der Waals surface area contributed by atoms with Gasteiger partial charge < -0.3 is 5.32 Å². The molecule has 0 fully saturated rings. The predicted molar refractivity (Wildman–Crippen MR) is 72.9 cm³/mol. The van der Waals surface area contributed by atoms with Gasteiger partial charge in [-0.15, -0.1) is 0 Å². The largest absolute Gasteiger partial charge is 0.334 e. The lowest BCUT2D eigenvalue weighted by molar-refractivity contribution is -0.384. The number of aryl methyl sites for hydroxylation is 2. The molecule has 7 heteroatoms. The highest BCUT2D eigenvalue weighted by atomic mass is 35.5. The Morgan fingerprint density at radius 2 is 1.89 bits per heavy atom. The zero-order valence-corrected chi connectivity index (χ0v) is 11.1. The fourth-order valence-corrected chi connectivity index (χ4v) is 1.90. The lowest BCUT2D eigenvalue weighted by Gasteiger charge is -2.08. The standard InChI is InChI=1S/C12H11ClN4O2/c1-7-3-8(2)5-9(4-7)15-11-10(17(18)19)6-14-12(13)16-11/h3-6H,1-2H3,(H,14,15,16). The van der Waals surface area contributed by atoms with Crippen molar-refractivity contribution >= 4 is 28.8 Å². The van der Waals surface area contributed by atoms with Gasteiger partial charge in [0.05, 0.1) is 4.92 Å². The zero-order valence-electron chi connectivity index (χ0n) is 10.3. The summed E-state index contributed by atoms with van der Waals surface area (Å²) in [6.07, 6.45) is 1.08. The van der Waals surface area contributed by atoms with Gasteiger partial charge in [-0.1, -0.05) is 6.07 Å². The van der Waals surface area contributed by atoms with E-state index in [0.717, 1.165) is 23.0 Å². The lowest BCUT2D eigenvalue weighted by Crippen LogP contribution is -2.01. The Morgan fingerprint density at radius 3 is 2.47 bits per heavy atom. The van der Waals surface area contributed by atoms with Crippen LogP contribution in [-0.2, 0) is 0 Å². The molecule has 1 aromatic carbocycles. The normalized spacial score (nSPS) is 10.3. The van der Waals surface area contributed by atoms with Crippen molar-refractivity contribution in [3.05, 3.63) is 50.9 Å². The number of halogens is 1. The van der Waals surface area contributed by atoms with Crippen molar-refractivity contribution in [1.82, 2.24) is 9.97 Å². The van der Waals surface area contributed by atoms with Crippen molar-refractivity contribution in [1.29, 1.82) is 0 Å². The molecule has 0 unspecified atom stereocenters. The molecule has 98 valence electrons. The minimum absolute atomic E-state index is 0.0440. The Morgan fingerprint density at radius 1 is 1.26 bits per heavy atom. The topological polar surface area (TPSA) is 81.0 Å². The number of nitro groups is 1. The van der Waals surface area contributed by atoms with E-state index >= 15 is 0 Å². The molecule has 0 saturated heterocycles. The highest BCUT2D eigenvalue weighted by Gasteiger charge is 2.17. The lowest BCUT2D eigenvalue weighted by atomic mass is 10.1. The van der Waals surface area contributed by atoms with Crippen LogP contribution in [0.3, 0.4) is 0 Å². The van der Waals surface area contributed by atoms with Crippen LogP contribution in [0.4, 0.5) is 17.2 Å². The van der Waals surface area contributed by atoms with Crippen molar-refractivity contribution in [3.63, 3.8) is 0 Å². The van der Waals surface area contributed by atoms with Gasteiger partial charge in [-0.2, -0.15) is 4.98 Å². The Balaban J connectivity index is 2.42. The summed E-state index contributed by atoms with van der Waals surface area (Å²) >= 11 is 5.67. The Bertz CT molecular complexity index is 625. The molecule has 2 aromatic rings. The molecule has 19 heavy (non-hydrogen) atoms. The van der Waals surface area contributed by atoms with Crippen molar-refractivity contribution in [2.75, 3.05) is 5.32 Å². The van der Waals surface area contributed by atoms with Crippen LogP contribution >= 0.6 is 11.6 Å². The van der Waals surface area contributed by atoms with E-state index in [4.69, 9.17) is 11.6 Å². The maximum atomic E-state index is 10.9. The summed E-state index contributed by atoms with van der Waals surface area (Å²) < 4.78 is 0. The van der Waals surface area contributed by atoms with Crippen molar-refractivity contribution in [3.8, 4) is 0 Å². The molecular formula is C12H11ClN4O2. The molecule has 1 aromatic heterocycles. The van der Waals surface area contributed by atoms with E-state index in [1.807, 2.05) is 32.0 Å². The summed E-state index contributed by atoms with van der Waals surface area (Å²) in [7, 11) is 0. The number of aromatic nitrogens is 2. The fraction of sp³-hybridized carbons (Fsp3) is 0.167. The van der Waals surface area contributed by atoms with Crippen LogP contribution in [0.1, 0.15) is 11.1 Å². The van der Waals surface area contributed by atoms with Crippen molar-refractivity contribution < 1.29 is 4.92 Å². The number of benzene rings is 1. The van der Waals surface area contributed by atoms with Crippen LogP contribution in [0.2, 0.25) is 5.28 Å². The fourth-order valence-electron chi connectivity index (χ4n) is 1.76. The summed E-state index contributed by atoms with van der Waals surface area (Å²) in [4.78, 5) is 17.8. The number of rotatable bonds is 3. The predicted octanol–water partition coefficient (Wildman–Crippen LogP) is 3.40. The number of anilines is 2. The van der Waals surface area contributed by atoms with Gasteiger partial charge in [-0.3, -0.25) is 10.1 Å². The second kappa shape index (κ2) is 5.19. The van der Waals surface area contributed by atoms with Crippen LogP contribution in [0.5, 0.6) is 0 Å². The highest BCUT2D eigenvalue weighted by molar-refractivity contribution is 6.28. The monoisotopic (exact) mass is 278 g/mol. The third kappa shape index (κ3) is 3.17. The summed E-state index contributed by atoms with van der Waals surface area (Å²) in [6, 6.07) is 5.74. The van der Waals surface area contributed by atoms with Gasteiger partial charge in [0.2, 0.25) is 11.1 Å². The van der Waals surface area contributed by atoms with Crippen LogP contribution < -0.4 is 5.32 Å². The van der Waals surface area contributed by atoms with E-state index in [1.165, 1.54) is 0 Å². The number of nitrogens with zero attached hydrogens (tertiary/aromatic N) is 3. The first-order valence-corrected chi connectivity index (χ1v) is 5.86. The molecular weight excluding hydrogens is 268 g/mol. The van der Waals surface area contributed by atoms with Crippen LogP contribution in [0.15, 0.2) is 24.4 Å². The van der Waals surface area contributed by atoms with Crippen LogP contribution in [0, 0.1) is 24.0 Å². The van der Waals surface area contributed by atoms with E-state index in [0.29, 0.717) is 0 Å². The molecule has 0 aliphatic rings. The molecule has 6 nitrogen and oxygen atoms in total. The smallest absolute Gasteiger partial charge is 0.329 e. The SMILES string of the molecule is Cc1cc(C)cc(Nc2nc(Cl)ncc2[N+](=O)[O-])c1. The van der Waals surface area contributed by atoms with E-state index in [-0.39, 0.29) is 16.8 Å². The van der Waals surface area contributed by atoms with Gasteiger partial charge in [0.1, 0.15) is 6.20 Å². The molecule has 0 aliphatic heterocycles. The molecule has 1 heterocycles. The first-order valence-electron chi connectivity index (χ1n) is 5.48. The summed E-state index contributed by atoms with van der Waals surface area (Å²) in [6.45, 7) is 3.89. The Kier molecular flexibility index (Phi) is 3.62. The molecule has 0 atom stereocenters. The minimum atomic E-state index is -0.554. The Hall–Kier alpha value is -2.21. The van der Waals surface area contributed by atoms with E-state index in [9.17, 15) is 10.1 Å². The van der Waals surface area contributed by atoms with Crippen molar-refractivity contribution in [2.45, 2.75) is 13.8 Å². The quantitative estimate of drug-likeness (QED) is 0.529. The number of nitrogens with one attached hydrogen (secondary N) is 1. The molecule has 0 amide bonds. The third-order valence-corrected chi connectivity index (χ3v) is 2.60. The number of hydrogen-bond acceptors (Lipinski definition) is 5. The van der Waals surface area contributed by atoms with E-state index < -0.39 is 4.92 Å². The highest BCUT2D eigenvalue weighted by Crippen LogP contribution is 2.26. The van der Waals surface area contributed by atoms with Gasteiger partial charge in [0, 0.05) is 5.69 Å². The first-order chi connectivity index (χ1) is 8.95. The van der Waals surface area contributed by atoms with Gasteiger partial charge >= 0.3 is 5.69 Å². The van der Waals surface area contributed by atoms with Gasteiger partial charge in [-0.25, -0.2) is 4.98 Å². The molecule has 1 N–H and O–H groups in total. The van der Waals surface area contributed by atoms with Crippen LogP contribution in [0.25, 0.3) is 0 Å². The van der Waals surface area contributed by atoms with Gasteiger partial charge in [-0.05, 0) is 48.7 Å². The maximum Gasteiger partial charge on any atom is 0.329 e. The maximum absolute atomic E-state index is 10.9.